The molecule has 8 nitrogen and oxygen atoms in total. The molecule has 0 aliphatic heterocycles. The second-order valence-electron chi connectivity index (χ2n) is 8.30. The molecule has 4 rings (SSSR count). The van der Waals surface area contributed by atoms with Gasteiger partial charge in [-0.2, -0.15) is 23.5 Å². The zero-order chi connectivity index (χ0) is 24.3. The number of halogens is 3. The van der Waals surface area contributed by atoms with Crippen LogP contribution in [0.4, 0.5) is 13.2 Å². The Bertz CT molecular complexity index is 1210. The third-order valence-corrected chi connectivity index (χ3v) is 5.82. The Hall–Kier alpha value is -3.50. The minimum atomic E-state index is -4.54. The standard InChI is InChI=1S/C23H27F3N8/c1-4-6-7-20-27-22(15(3)5-2)33(30-20)14-16-8-10-17(11-9-16)34-18(21-28-31-32-29-21)12-13-19(34)23(24,25)26/h8-13,15H,4-7,14H2,1-3H3,(H,28,29,31,32). The summed E-state index contributed by atoms with van der Waals surface area (Å²) in [5.74, 6) is 2.11. The normalized spacial score (nSPS) is 12.9. The molecule has 34 heavy (non-hydrogen) atoms. The minimum Gasteiger partial charge on any atom is -0.302 e. The molecule has 0 bridgehead atoms. The molecular formula is C23H27F3N8. The summed E-state index contributed by atoms with van der Waals surface area (Å²) in [6.45, 7) is 6.86. The molecule has 0 radical (unpaired) electrons. The first kappa shape index (κ1) is 23.7. The molecule has 1 N–H and O–H groups in total. The lowest BCUT2D eigenvalue weighted by atomic mass is 10.1. The van der Waals surface area contributed by atoms with Crippen molar-refractivity contribution in [2.24, 2.45) is 0 Å². The van der Waals surface area contributed by atoms with Crippen molar-refractivity contribution in [2.75, 3.05) is 0 Å². The van der Waals surface area contributed by atoms with Crippen molar-refractivity contribution in [3.63, 3.8) is 0 Å². The van der Waals surface area contributed by atoms with E-state index in [9.17, 15) is 13.2 Å². The van der Waals surface area contributed by atoms with Crippen LogP contribution in [-0.4, -0.2) is 40.0 Å². The van der Waals surface area contributed by atoms with Gasteiger partial charge < -0.3 is 4.57 Å². The second-order valence-corrected chi connectivity index (χ2v) is 8.30. The minimum absolute atomic E-state index is 0.0833. The second kappa shape index (κ2) is 9.78. The molecule has 0 aliphatic carbocycles. The Morgan fingerprint density at radius 1 is 1.06 bits per heavy atom. The monoisotopic (exact) mass is 472 g/mol. The lowest BCUT2D eigenvalue weighted by Gasteiger charge is -2.15. The van der Waals surface area contributed by atoms with Crippen LogP contribution in [-0.2, 0) is 19.1 Å². The van der Waals surface area contributed by atoms with Gasteiger partial charge in [-0.3, -0.25) is 0 Å². The molecule has 0 amide bonds. The Kier molecular flexibility index (Phi) is 6.80. The van der Waals surface area contributed by atoms with Crippen molar-refractivity contribution in [2.45, 2.75) is 65.1 Å². The van der Waals surface area contributed by atoms with Crippen LogP contribution in [0.3, 0.4) is 0 Å². The van der Waals surface area contributed by atoms with Gasteiger partial charge in [-0.15, -0.1) is 10.2 Å². The summed E-state index contributed by atoms with van der Waals surface area (Å²) in [4.78, 5) is 4.75. The van der Waals surface area contributed by atoms with E-state index in [0.717, 1.165) is 53.5 Å². The van der Waals surface area contributed by atoms with E-state index < -0.39 is 11.9 Å². The van der Waals surface area contributed by atoms with E-state index in [-0.39, 0.29) is 17.4 Å². The van der Waals surface area contributed by atoms with E-state index in [2.05, 4.69) is 41.4 Å². The molecule has 4 aromatic rings. The predicted octanol–water partition coefficient (Wildman–Crippen LogP) is 5.17. The van der Waals surface area contributed by atoms with Crippen molar-refractivity contribution >= 4 is 0 Å². The quantitative estimate of drug-likeness (QED) is 0.363. The molecule has 3 aromatic heterocycles. The number of tetrazole rings is 1. The maximum atomic E-state index is 13.7. The first-order valence-electron chi connectivity index (χ1n) is 11.4. The van der Waals surface area contributed by atoms with Gasteiger partial charge in [0.25, 0.3) is 0 Å². The smallest absolute Gasteiger partial charge is 0.302 e. The van der Waals surface area contributed by atoms with E-state index in [4.69, 9.17) is 10.1 Å². The van der Waals surface area contributed by atoms with Crippen molar-refractivity contribution in [3.8, 4) is 17.2 Å². The maximum Gasteiger partial charge on any atom is 0.431 e. The van der Waals surface area contributed by atoms with Crippen molar-refractivity contribution in [3.05, 3.63) is 59.3 Å². The lowest BCUT2D eigenvalue weighted by molar-refractivity contribution is -0.142. The molecule has 0 fully saturated rings. The number of nitrogens with one attached hydrogen (secondary N) is 1. The number of aryl methyl sites for hydroxylation is 1. The molecule has 1 unspecified atom stereocenters. The van der Waals surface area contributed by atoms with Crippen molar-refractivity contribution < 1.29 is 13.2 Å². The first-order valence-corrected chi connectivity index (χ1v) is 11.4. The van der Waals surface area contributed by atoms with E-state index in [1.54, 1.807) is 12.1 Å². The van der Waals surface area contributed by atoms with Gasteiger partial charge in [-0.05, 0) is 47.9 Å². The van der Waals surface area contributed by atoms with Crippen molar-refractivity contribution in [1.29, 1.82) is 0 Å². The summed E-state index contributed by atoms with van der Waals surface area (Å²) in [5.41, 5.74) is 0.660. The van der Waals surface area contributed by atoms with Gasteiger partial charge in [-0.1, -0.05) is 39.3 Å². The van der Waals surface area contributed by atoms with Crippen molar-refractivity contribution in [1.82, 2.24) is 40.0 Å². The third-order valence-electron chi connectivity index (χ3n) is 5.82. The molecule has 180 valence electrons. The highest BCUT2D eigenvalue weighted by Gasteiger charge is 2.36. The fourth-order valence-corrected chi connectivity index (χ4v) is 3.81. The van der Waals surface area contributed by atoms with Gasteiger partial charge in [0.15, 0.2) is 5.82 Å². The van der Waals surface area contributed by atoms with Crippen LogP contribution in [0.15, 0.2) is 36.4 Å². The van der Waals surface area contributed by atoms with Gasteiger partial charge >= 0.3 is 6.18 Å². The summed E-state index contributed by atoms with van der Waals surface area (Å²) in [5, 5.41) is 18.1. The van der Waals surface area contributed by atoms with Gasteiger partial charge in [0.1, 0.15) is 11.5 Å². The predicted molar refractivity (Wildman–Crippen MR) is 120 cm³/mol. The summed E-state index contributed by atoms with van der Waals surface area (Å²) < 4.78 is 44.1. The number of hydrogen-bond donors (Lipinski definition) is 1. The number of unbranched alkanes of at least 4 members (excludes halogenated alkanes) is 1. The average Bonchev–Trinajstić information content (AvgIpc) is 3.56. The lowest BCUT2D eigenvalue weighted by Crippen LogP contribution is -2.13. The number of nitrogens with zero attached hydrogens (tertiary/aromatic N) is 7. The molecule has 0 saturated carbocycles. The number of aromatic amines is 1. The number of hydrogen-bond acceptors (Lipinski definition) is 5. The Morgan fingerprint density at radius 3 is 2.44 bits per heavy atom. The fraction of sp³-hybridized carbons (Fsp3) is 0.435. The molecule has 1 atom stereocenters. The summed E-state index contributed by atoms with van der Waals surface area (Å²) >= 11 is 0. The van der Waals surface area contributed by atoms with Gasteiger partial charge in [-0.25, -0.2) is 9.67 Å². The van der Waals surface area contributed by atoms with Crippen LogP contribution < -0.4 is 0 Å². The van der Waals surface area contributed by atoms with E-state index in [1.807, 2.05) is 16.8 Å². The zero-order valence-corrected chi connectivity index (χ0v) is 19.3. The highest BCUT2D eigenvalue weighted by atomic mass is 19.4. The van der Waals surface area contributed by atoms with Gasteiger partial charge in [0.05, 0.1) is 12.2 Å². The van der Waals surface area contributed by atoms with Crippen LogP contribution in [0.2, 0.25) is 0 Å². The SMILES string of the molecule is CCCCc1nc(C(C)CC)n(Cc2ccc(-n3c(-c4nn[nH]n4)ccc3C(F)(F)F)cc2)n1. The molecule has 0 saturated heterocycles. The van der Waals surface area contributed by atoms with E-state index in [1.165, 1.54) is 6.07 Å². The van der Waals surface area contributed by atoms with Crippen LogP contribution in [0.25, 0.3) is 17.2 Å². The number of aromatic nitrogens is 8. The molecular weight excluding hydrogens is 445 g/mol. The maximum absolute atomic E-state index is 13.7. The number of H-pyrrole nitrogens is 1. The van der Waals surface area contributed by atoms with Crippen LogP contribution in [0.1, 0.15) is 68.9 Å². The zero-order valence-electron chi connectivity index (χ0n) is 19.3. The van der Waals surface area contributed by atoms with Crippen LogP contribution in [0.5, 0.6) is 0 Å². The van der Waals surface area contributed by atoms with Crippen LogP contribution >= 0.6 is 0 Å². The number of alkyl halides is 3. The van der Waals surface area contributed by atoms with Gasteiger partial charge in [0, 0.05) is 18.0 Å². The number of benzene rings is 1. The average molecular weight is 473 g/mol. The Morgan fingerprint density at radius 2 is 1.82 bits per heavy atom. The van der Waals surface area contributed by atoms with Gasteiger partial charge in [0.2, 0.25) is 5.82 Å². The highest BCUT2D eigenvalue weighted by Crippen LogP contribution is 2.35. The summed E-state index contributed by atoms with van der Waals surface area (Å²) in [6.07, 6.45) is -0.669. The van der Waals surface area contributed by atoms with E-state index >= 15 is 0 Å². The molecule has 0 spiro atoms. The summed E-state index contributed by atoms with van der Waals surface area (Å²) in [7, 11) is 0. The third kappa shape index (κ3) is 4.87. The molecule has 0 aliphatic rings. The molecule has 3 heterocycles. The molecule has 1 aromatic carbocycles. The topological polar surface area (TPSA) is 90.1 Å². The molecule has 11 heteroatoms. The highest BCUT2D eigenvalue weighted by molar-refractivity contribution is 5.57. The van der Waals surface area contributed by atoms with E-state index in [0.29, 0.717) is 12.2 Å². The first-order chi connectivity index (χ1) is 16.3. The Labute approximate surface area is 195 Å². The Balaban J connectivity index is 1.66. The summed E-state index contributed by atoms with van der Waals surface area (Å²) in [6, 6.07) is 9.29. The fourth-order valence-electron chi connectivity index (χ4n) is 3.81. The van der Waals surface area contributed by atoms with Crippen LogP contribution in [0, 0.1) is 0 Å². The number of rotatable bonds is 9. The largest absolute Gasteiger partial charge is 0.431 e.